The van der Waals surface area contributed by atoms with Gasteiger partial charge >= 0.3 is 0 Å². The maximum atomic E-state index is 12.2. The molecular weight excluding hydrogens is 303 g/mol. The standard InChI is InChI=1S/C13H10Cl2N2O3/c1-20-11-5-3-2-4-8(11)10(18)7-17-13(19)12(15)9(14)6-16-17/h2-6H,7H2,1H3. The number of aromatic nitrogens is 2. The molecule has 20 heavy (non-hydrogen) atoms. The normalized spacial score (nSPS) is 10.3. The topological polar surface area (TPSA) is 61.2 Å². The van der Waals surface area contributed by atoms with E-state index in [4.69, 9.17) is 27.9 Å². The molecule has 5 nitrogen and oxygen atoms in total. The molecule has 2 aromatic rings. The van der Waals surface area contributed by atoms with Crippen molar-refractivity contribution in [1.82, 2.24) is 9.78 Å². The van der Waals surface area contributed by atoms with E-state index in [1.165, 1.54) is 13.3 Å². The van der Waals surface area contributed by atoms with Crippen molar-refractivity contribution in [3.8, 4) is 5.75 Å². The first-order valence-corrected chi connectivity index (χ1v) is 6.37. The van der Waals surface area contributed by atoms with E-state index in [-0.39, 0.29) is 22.4 Å². The van der Waals surface area contributed by atoms with Gasteiger partial charge in [0.2, 0.25) is 0 Å². The predicted molar refractivity (Wildman–Crippen MR) is 75.8 cm³/mol. The summed E-state index contributed by atoms with van der Waals surface area (Å²) >= 11 is 11.4. The van der Waals surface area contributed by atoms with Crippen LogP contribution in [-0.2, 0) is 6.54 Å². The number of rotatable bonds is 4. The van der Waals surface area contributed by atoms with E-state index >= 15 is 0 Å². The van der Waals surface area contributed by atoms with Crippen LogP contribution in [-0.4, -0.2) is 22.7 Å². The third kappa shape index (κ3) is 2.84. The minimum absolute atomic E-state index is 0.0534. The Bertz CT molecular complexity index is 713. The first-order chi connectivity index (χ1) is 9.54. The molecule has 0 radical (unpaired) electrons. The number of ketones is 1. The first kappa shape index (κ1) is 14.6. The summed E-state index contributed by atoms with van der Waals surface area (Å²) in [6.07, 6.45) is 1.22. The van der Waals surface area contributed by atoms with Gasteiger partial charge in [-0.2, -0.15) is 5.10 Å². The largest absolute Gasteiger partial charge is 0.496 e. The van der Waals surface area contributed by atoms with Crippen LogP contribution in [0.25, 0.3) is 0 Å². The third-order valence-corrected chi connectivity index (χ3v) is 3.39. The van der Waals surface area contributed by atoms with Gasteiger partial charge in [0.05, 0.1) is 23.9 Å². The summed E-state index contributed by atoms with van der Waals surface area (Å²) in [7, 11) is 1.47. The van der Waals surface area contributed by atoms with Crippen LogP contribution in [0, 0.1) is 0 Å². The Morgan fingerprint density at radius 2 is 2.05 bits per heavy atom. The molecule has 0 bridgehead atoms. The van der Waals surface area contributed by atoms with Gasteiger partial charge in [-0.15, -0.1) is 0 Å². The molecule has 0 unspecified atom stereocenters. The van der Waals surface area contributed by atoms with E-state index in [1.807, 2.05) is 0 Å². The van der Waals surface area contributed by atoms with Gasteiger partial charge in [0.1, 0.15) is 17.3 Å². The van der Waals surface area contributed by atoms with Crippen LogP contribution in [0.2, 0.25) is 10.0 Å². The summed E-state index contributed by atoms with van der Waals surface area (Å²) in [5.74, 6) is 0.126. The molecule has 2 rings (SSSR count). The SMILES string of the molecule is COc1ccccc1C(=O)Cn1ncc(Cl)c(Cl)c1=O. The maximum Gasteiger partial charge on any atom is 0.287 e. The van der Waals surface area contributed by atoms with Crippen LogP contribution >= 0.6 is 23.2 Å². The van der Waals surface area contributed by atoms with Gasteiger partial charge in [-0.25, -0.2) is 4.68 Å². The van der Waals surface area contributed by atoms with Crippen molar-refractivity contribution in [3.05, 3.63) is 56.4 Å². The van der Waals surface area contributed by atoms with Crippen molar-refractivity contribution in [1.29, 1.82) is 0 Å². The van der Waals surface area contributed by atoms with Gasteiger partial charge in [-0.1, -0.05) is 35.3 Å². The third-order valence-electron chi connectivity index (χ3n) is 2.64. The maximum absolute atomic E-state index is 12.2. The van der Waals surface area contributed by atoms with Gasteiger partial charge in [-0.3, -0.25) is 9.59 Å². The summed E-state index contributed by atoms with van der Waals surface area (Å²) in [6, 6.07) is 6.74. The van der Waals surface area contributed by atoms with Crippen LogP contribution in [0.5, 0.6) is 5.75 Å². The summed E-state index contributed by atoms with van der Waals surface area (Å²) in [5.41, 5.74) is -0.239. The lowest BCUT2D eigenvalue weighted by Crippen LogP contribution is -2.27. The minimum Gasteiger partial charge on any atom is -0.496 e. The Morgan fingerprint density at radius 3 is 2.75 bits per heavy atom. The Balaban J connectivity index is 2.33. The molecular formula is C13H10Cl2N2O3. The summed E-state index contributed by atoms with van der Waals surface area (Å²) in [5, 5.41) is 3.68. The molecule has 0 N–H and O–H groups in total. The van der Waals surface area contributed by atoms with Gasteiger partial charge in [0.15, 0.2) is 5.78 Å². The molecule has 0 spiro atoms. The molecule has 0 aliphatic carbocycles. The number of nitrogens with zero attached hydrogens (tertiary/aromatic N) is 2. The zero-order chi connectivity index (χ0) is 14.7. The fourth-order valence-corrected chi connectivity index (χ4v) is 1.92. The molecule has 0 atom stereocenters. The van der Waals surface area contributed by atoms with Gasteiger partial charge in [0, 0.05) is 0 Å². The average molecular weight is 313 g/mol. The van der Waals surface area contributed by atoms with Crippen LogP contribution in [0.15, 0.2) is 35.3 Å². The van der Waals surface area contributed by atoms with Crippen LogP contribution < -0.4 is 10.3 Å². The second-order valence-corrected chi connectivity index (χ2v) is 4.68. The first-order valence-electron chi connectivity index (χ1n) is 5.62. The van der Waals surface area contributed by atoms with Crippen molar-refractivity contribution in [2.75, 3.05) is 7.11 Å². The zero-order valence-electron chi connectivity index (χ0n) is 10.5. The highest BCUT2D eigenvalue weighted by Crippen LogP contribution is 2.19. The minimum atomic E-state index is -0.609. The highest BCUT2D eigenvalue weighted by Gasteiger charge is 2.15. The Labute approximate surface area is 124 Å². The molecule has 1 aromatic heterocycles. The lowest BCUT2D eigenvalue weighted by molar-refractivity contribution is 0.0962. The average Bonchev–Trinajstić information content (AvgIpc) is 2.47. The molecule has 0 amide bonds. The number of carbonyl (C=O) groups is 1. The fourth-order valence-electron chi connectivity index (χ4n) is 1.65. The van der Waals surface area contributed by atoms with E-state index in [2.05, 4.69) is 5.10 Å². The predicted octanol–water partition coefficient (Wildman–Crippen LogP) is 2.44. The number of hydrogen-bond donors (Lipinski definition) is 0. The molecule has 7 heteroatoms. The van der Waals surface area contributed by atoms with Crippen LogP contribution in [0.1, 0.15) is 10.4 Å². The van der Waals surface area contributed by atoms with Crippen molar-refractivity contribution in [2.45, 2.75) is 6.54 Å². The van der Waals surface area contributed by atoms with E-state index in [1.54, 1.807) is 24.3 Å². The smallest absolute Gasteiger partial charge is 0.287 e. The van der Waals surface area contributed by atoms with Crippen molar-refractivity contribution >= 4 is 29.0 Å². The Hall–Kier alpha value is -1.85. The summed E-state index contributed by atoms with van der Waals surface area (Å²) in [6.45, 7) is -0.240. The van der Waals surface area contributed by atoms with E-state index in [0.29, 0.717) is 11.3 Å². The van der Waals surface area contributed by atoms with Crippen molar-refractivity contribution in [2.24, 2.45) is 0 Å². The van der Waals surface area contributed by atoms with E-state index in [0.717, 1.165) is 4.68 Å². The summed E-state index contributed by atoms with van der Waals surface area (Å²) < 4.78 is 6.06. The van der Waals surface area contributed by atoms with E-state index < -0.39 is 5.56 Å². The molecule has 0 aliphatic heterocycles. The monoisotopic (exact) mass is 312 g/mol. The number of methoxy groups -OCH3 is 1. The molecule has 0 saturated heterocycles. The molecule has 1 aromatic carbocycles. The number of carbonyl (C=O) groups excluding carboxylic acids is 1. The second kappa shape index (κ2) is 6.07. The van der Waals surface area contributed by atoms with Crippen molar-refractivity contribution < 1.29 is 9.53 Å². The number of Topliss-reactive ketones (excluding diaryl/α,β-unsaturated/α-hetero) is 1. The molecule has 1 heterocycles. The number of benzene rings is 1. The van der Waals surface area contributed by atoms with Gasteiger partial charge in [-0.05, 0) is 12.1 Å². The van der Waals surface area contributed by atoms with Gasteiger partial charge in [0.25, 0.3) is 5.56 Å². The highest BCUT2D eigenvalue weighted by atomic mass is 35.5. The Kier molecular flexibility index (Phi) is 4.42. The fraction of sp³-hybridized carbons (Fsp3) is 0.154. The number of halogens is 2. The molecule has 0 fully saturated rings. The second-order valence-electron chi connectivity index (χ2n) is 3.89. The van der Waals surface area contributed by atoms with Crippen LogP contribution in [0.4, 0.5) is 0 Å². The number of ether oxygens (including phenoxy) is 1. The number of para-hydroxylation sites is 1. The molecule has 0 aliphatic rings. The zero-order valence-corrected chi connectivity index (χ0v) is 12.0. The van der Waals surface area contributed by atoms with Crippen LogP contribution in [0.3, 0.4) is 0 Å². The van der Waals surface area contributed by atoms with Crippen molar-refractivity contribution in [3.63, 3.8) is 0 Å². The van der Waals surface area contributed by atoms with E-state index in [9.17, 15) is 9.59 Å². The molecule has 104 valence electrons. The Morgan fingerprint density at radius 1 is 1.35 bits per heavy atom. The lowest BCUT2D eigenvalue weighted by Gasteiger charge is -2.08. The highest BCUT2D eigenvalue weighted by molar-refractivity contribution is 6.41. The van der Waals surface area contributed by atoms with Gasteiger partial charge < -0.3 is 4.74 Å². The molecule has 0 saturated carbocycles. The lowest BCUT2D eigenvalue weighted by atomic mass is 10.1. The quantitative estimate of drug-likeness (QED) is 0.814. The summed E-state index contributed by atoms with van der Waals surface area (Å²) in [4.78, 5) is 24.0. The number of hydrogen-bond acceptors (Lipinski definition) is 4.